The van der Waals surface area contributed by atoms with Crippen LogP contribution in [0.2, 0.25) is 0 Å². The first-order valence-corrected chi connectivity index (χ1v) is 7.79. The van der Waals surface area contributed by atoms with Gasteiger partial charge in [-0.15, -0.1) is 5.53 Å². The summed E-state index contributed by atoms with van der Waals surface area (Å²) in [5, 5.41) is 10.9. The van der Waals surface area contributed by atoms with Crippen molar-refractivity contribution in [1.82, 2.24) is 25.4 Å². The van der Waals surface area contributed by atoms with Crippen molar-refractivity contribution < 1.29 is 5.11 Å². The molecule has 0 bridgehead atoms. The number of fused-ring (bicyclic) bond motifs is 1. The topological polar surface area (TPSA) is 64.8 Å². The zero-order valence-electron chi connectivity index (χ0n) is 11.4. The van der Waals surface area contributed by atoms with Crippen molar-refractivity contribution in [3.8, 4) is 0 Å². The predicted molar refractivity (Wildman–Crippen MR) is 81.9 cm³/mol. The van der Waals surface area contributed by atoms with Crippen LogP contribution in [-0.4, -0.2) is 26.1 Å². The van der Waals surface area contributed by atoms with Crippen molar-refractivity contribution in [1.29, 1.82) is 0 Å². The molecule has 2 aromatic rings. The van der Waals surface area contributed by atoms with E-state index in [4.69, 9.17) is 5.11 Å². The molecule has 2 aromatic heterocycles. The fraction of sp³-hybridized carbons (Fsp3) is 0.357. The Morgan fingerprint density at radius 2 is 2.24 bits per heavy atom. The number of nitrogens with zero attached hydrogens (tertiary/aromatic N) is 3. The maximum atomic E-state index is 9.07. The predicted octanol–water partition coefficient (Wildman–Crippen LogP) is 1.63. The van der Waals surface area contributed by atoms with Gasteiger partial charge in [0.15, 0.2) is 5.65 Å². The van der Waals surface area contributed by atoms with Crippen LogP contribution in [0.5, 0.6) is 0 Å². The third kappa shape index (κ3) is 2.52. The number of hydrogen-bond acceptors (Lipinski definition) is 5. The van der Waals surface area contributed by atoms with Gasteiger partial charge in [-0.05, 0) is 46.3 Å². The second-order valence-electron chi connectivity index (χ2n) is 5.54. The average Bonchev–Trinajstić information content (AvgIpc) is 3.09. The highest BCUT2D eigenvalue weighted by Crippen LogP contribution is 2.41. The maximum Gasteiger partial charge on any atom is 0.151 e. The number of rotatable bonds is 4. The monoisotopic (exact) mass is 349 g/mol. The molecule has 1 aliphatic heterocycles. The first-order valence-electron chi connectivity index (χ1n) is 7.00. The molecule has 1 aliphatic carbocycles. The fourth-order valence-corrected chi connectivity index (χ4v) is 3.14. The fourth-order valence-electron chi connectivity index (χ4n) is 2.58. The molecular weight excluding hydrogens is 334 g/mol. The SMILES string of the molecule is OCC1=CN(Cc2cn3cc(C4CC4)cc(Br)c3n2)NN1. The van der Waals surface area contributed by atoms with Gasteiger partial charge in [0, 0.05) is 18.6 Å². The Bertz CT molecular complexity index is 721. The summed E-state index contributed by atoms with van der Waals surface area (Å²) < 4.78 is 3.13. The lowest BCUT2D eigenvalue weighted by Gasteiger charge is -2.12. The lowest BCUT2D eigenvalue weighted by atomic mass is 10.2. The van der Waals surface area contributed by atoms with E-state index in [0.29, 0.717) is 6.54 Å². The lowest BCUT2D eigenvalue weighted by Crippen LogP contribution is -2.36. The van der Waals surface area contributed by atoms with Gasteiger partial charge in [-0.2, -0.15) is 0 Å². The van der Waals surface area contributed by atoms with E-state index in [0.717, 1.165) is 27.4 Å². The summed E-state index contributed by atoms with van der Waals surface area (Å²) in [6.45, 7) is 0.619. The first-order chi connectivity index (χ1) is 10.2. The van der Waals surface area contributed by atoms with E-state index in [1.165, 1.54) is 18.4 Å². The zero-order chi connectivity index (χ0) is 14.4. The van der Waals surface area contributed by atoms with Gasteiger partial charge in [0.2, 0.25) is 0 Å². The van der Waals surface area contributed by atoms with E-state index >= 15 is 0 Å². The Kier molecular flexibility index (Phi) is 3.13. The number of aliphatic hydroxyl groups excluding tert-OH is 1. The van der Waals surface area contributed by atoms with Gasteiger partial charge in [0.1, 0.15) is 0 Å². The quantitative estimate of drug-likeness (QED) is 0.782. The Morgan fingerprint density at radius 1 is 1.38 bits per heavy atom. The number of hydrogen-bond donors (Lipinski definition) is 3. The molecule has 0 saturated heterocycles. The number of nitrogens with one attached hydrogen (secondary N) is 2. The zero-order valence-corrected chi connectivity index (χ0v) is 13.0. The summed E-state index contributed by atoms with van der Waals surface area (Å²) in [5.41, 5.74) is 9.90. The first kappa shape index (κ1) is 13.1. The van der Waals surface area contributed by atoms with E-state index in [9.17, 15) is 0 Å². The smallest absolute Gasteiger partial charge is 0.151 e. The minimum atomic E-state index is -0.00897. The minimum Gasteiger partial charge on any atom is -0.390 e. The van der Waals surface area contributed by atoms with Gasteiger partial charge in [0.25, 0.3) is 0 Å². The highest BCUT2D eigenvalue weighted by Gasteiger charge is 2.25. The van der Waals surface area contributed by atoms with E-state index in [1.54, 1.807) is 0 Å². The van der Waals surface area contributed by atoms with E-state index in [2.05, 4.69) is 54.7 Å². The minimum absolute atomic E-state index is 0.00897. The summed E-state index contributed by atoms with van der Waals surface area (Å²) in [4.78, 5) is 4.66. The van der Waals surface area contributed by atoms with Crippen LogP contribution in [0.1, 0.15) is 30.0 Å². The van der Waals surface area contributed by atoms with Gasteiger partial charge < -0.3 is 14.9 Å². The molecule has 4 rings (SSSR count). The number of imidazole rings is 1. The summed E-state index contributed by atoms with van der Waals surface area (Å²) >= 11 is 3.62. The molecule has 3 N–H and O–H groups in total. The van der Waals surface area contributed by atoms with Crippen LogP contribution in [-0.2, 0) is 6.54 Å². The number of pyridine rings is 1. The molecule has 2 aliphatic rings. The molecule has 7 heteroatoms. The molecule has 6 nitrogen and oxygen atoms in total. The summed E-state index contributed by atoms with van der Waals surface area (Å²) in [7, 11) is 0. The van der Waals surface area contributed by atoms with Crippen LogP contribution >= 0.6 is 15.9 Å². The normalized spacial score (nSPS) is 18.2. The number of halogens is 1. The molecule has 1 saturated carbocycles. The van der Waals surface area contributed by atoms with Gasteiger partial charge >= 0.3 is 0 Å². The average molecular weight is 350 g/mol. The molecule has 0 radical (unpaired) electrons. The highest BCUT2D eigenvalue weighted by atomic mass is 79.9. The molecule has 0 unspecified atom stereocenters. The Morgan fingerprint density at radius 3 is 2.95 bits per heavy atom. The van der Waals surface area contributed by atoms with Crippen LogP contribution in [0.25, 0.3) is 5.65 Å². The Hall–Kier alpha value is -1.57. The standard InChI is InChI=1S/C14H16BrN5O/c15-13-3-10(9-1-2-9)4-19-5-11(16-14(13)19)6-20-7-12(8-21)17-18-20/h3-5,7,9,17-18,21H,1-2,6,8H2. The summed E-state index contributed by atoms with van der Waals surface area (Å²) in [5.74, 6) is 0.719. The number of aliphatic hydroxyl groups is 1. The van der Waals surface area contributed by atoms with Crippen LogP contribution in [0.15, 0.2) is 34.8 Å². The maximum absolute atomic E-state index is 9.07. The molecule has 3 heterocycles. The third-order valence-corrected chi connectivity index (χ3v) is 4.38. The second-order valence-corrected chi connectivity index (χ2v) is 6.39. The third-order valence-electron chi connectivity index (χ3n) is 3.80. The molecule has 0 atom stereocenters. The van der Waals surface area contributed by atoms with Crippen molar-refractivity contribution >= 4 is 21.6 Å². The molecule has 0 spiro atoms. The molecule has 0 aromatic carbocycles. The molecule has 0 amide bonds. The van der Waals surface area contributed by atoms with Gasteiger partial charge in [-0.1, -0.05) is 0 Å². The van der Waals surface area contributed by atoms with Gasteiger partial charge in [0.05, 0.1) is 29.0 Å². The molecule has 1 fully saturated rings. The van der Waals surface area contributed by atoms with Gasteiger partial charge in [-0.3, -0.25) is 5.01 Å². The van der Waals surface area contributed by atoms with E-state index in [-0.39, 0.29) is 6.61 Å². The molecule has 21 heavy (non-hydrogen) atoms. The van der Waals surface area contributed by atoms with Crippen molar-refractivity contribution in [2.75, 3.05) is 6.61 Å². The number of aromatic nitrogens is 2. The van der Waals surface area contributed by atoms with Gasteiger partial charge in [-0.25, -0.2) is 4.98 Å². The van der Waals surface area contributed by atoms with Crippen molar-refractivity contribution in [3.63, 3.8) is 0 Å². The van der Waals surface area contributed by atoms with E-state index < -0.39 is 0 Å². The van der Waals surface area contributed by atoms with Crippen molar-refractivity contribution in [2.45, 2.75) is 25.3 Å². The largest absolute Gasteiger partial charge is 0.390 e. The van der Waals surface area contributed by atoms with Crippen LogP contribution in [0.3, 0.4) is 0 Å². The lowest BCUT2D eigenvalue weighted by molar-refractivity contribution is 0.255. The molecular formula is C14H16BrN5O. The summed E-state index contributed by atoms with van der Waals surface area (Å²) in [6, 6.07) is 2.18. The Balaban J connectivity index is 1.61. The number of hydrazine groups is 2. The second kappa shape index (κ2) is 5.01. The van der Waals surface area contributed by atoms with Crippen molar-refractivity contribution in [2.24, 2.45) is 0 Å². The van der Waals surface area contributed by atoms with E-state index in [1.807, 2.05) is 11.2 Å². The molecule has 110 valence electrons. The van der Waals surface area contributed by atoms with Crippen LogP contribution in [0.4, 0.5) is 0 Å². The highest BCUT2D eigenvalue weighted by molar-refractivity contribution is 9.10. The van der Waals surface area contributed by atoms with Crippen LogP contribution < -0.4 is 11.0 Å². The Labute approximate surface area is 130 Å². The van der Waals surface area contributed by atoms with Crippen LogP contribution in [0, 0.1) is 0 Å². The van der Waals surface area contributed by atoms with Crippen molar-refractivity contribution in [3.05, 3.63) is 46.1 Å². The summed E-state index contributed by atoms with van der Waals surface area (Å²) in [6.07, 6.45) is 8.65.